The van der Waals surface area contributed by atoms with Gasteiger partial charge < -0.3 is 20.1 Å². The Hall–Kier alpha value is -3.35. The molecular weight excluding hydrogens is 363 g/mol. The van der Waals surface area contributed by atoms with Crippen molar-refractivity contribution in [2.24, 2.45) is 0 Å². The van der Waals surface area contributed by atoms with E-state index in [9.17, 15) is 14.0 Å². The molecule has 7 heteroatoms. The number of esters is 1. The second-order valence-corrected chi connectivity index (χ2v) is 5.99. The lowest BCUT2D eigenvalue weighted by Gasteiger charge is -2.23. The summed E-state index contributed by atoms with van der Waals surface area (Å²) in [7, 11) is 2.48. The highest BCUT2D eigenvalue weighted by molar-refractivity contribution is 5.91. The van der Waals surface area contributed by atoms with E-state index in [1.54, 1.807) is 6.92 Å². The number of ether oxygens (including phenoxy) is 2. The zero-order valence-electron chi connectivity index (χ0n) is 16.0. The molecule has 148 valence electrons. The first-order valence-electron chi connectivity index (χ1n) is 8.63. The van der Waals surface area contributed by atoms with Gasteiger partial charge in [-0.3, -0.25) is 0 Å². The van der Waals surface area contributed by atoms with Gasteiger partial charge in [0.25, 0.3) is 0 Å². The highest BCUT2D eigenvalue weighted by Crippen LogP contribution is 2.26. The molecule has 2 N–H and O–H groups in total. The van der Waals surface area contributed by atoms with Crippen LogP contribution in [-0.4, -0.2) is 26.3 Å². The molecule has 0 spiro atoms. The molecule has 1 unspecified atom stereocenters. The SMILES string of the molecule is COC(=O)NC(/C(C(=O)OC)=C(\C)NCc1ccccc1)c1ccc(F)cc1. The molecule has 2 aromatic carbocycles. The van der Waals surface area contributed by atoms with Crippen molar-refractivity contribution in [3.05, 3.63) is 82.8 Å². The van der Waals surface area contributed by atoms with Crippen molar-refractivity contribution in [1.82, 2.24) is 10.6 Å². The van der Waals surface area contributed by atoms with E-state index in [0.29, 0.717) is 17.8 Å². The van der Waals surface area contributed by atoms with E-state index in [4.69, 9.17) is 4.74 Å². The fourth-order valence-corrected chi connectivity index (χ4v) is 2.68. The summed E-state index contributed by atoms with van der Waals surface area (Å²) in [6.07, 6.45) is -0.730. The second-order valence-electron chi connectivity index (χ2n) is 5.99. The van der Waals surface area contributed by atoms with Crippen LogP contribution in [-0.2, 0) is 20.8 Å². The van der Waals surface area contributed by atoms with Crippen molar-refractivity contribution in [2.75, 3.05) is 14.2 Å². The first-order chi connectivity index (χ1) is 13.5. The summed E-state index contributed by atoms with van der Waals surface area (Å²) < 4.78 is 22.9. The molecule has 0 aliphatic heterocycles. The van der Waals surface area contributed by atoms with Gasteiger partial charge in [0.1, 0.15) is 5.82 Å². The fraction of sp³-hybridized carbons (Fsp3) is 0.238. The van der Waals surface area contributed by atoms with Gasteiger partial charge in [-0.15, -0.1) is 0 Å². The minimum atomic E-state index is -0.885. The summed E-state index contributed by atoms with van der Waals surface area (Å²) in [6, 6.07) is 14.2. The number of halogens is 1. The Kier molecular flexibility index (Phi) is 7.56. The molecule has 0 aliphatic rings. The van der Waals surface area contributed by atoms with E-state index in [-0.39, 0.29) is 5.57 Å². The Morgan fingerprint density at radius 3 is 2.21 bits per heavy atom. The molecule has 0 aromatic heterocycles. The van der Waals surface area contributed by atoms with Crippen molar-refractivity contribution in [2.45, 2.75) is 19.5 Å². The number of carbonyl (C=O) groups is 2. The molecular formula is C21H23FN2O4. The summed E-state index contributed by atoms with van der Waals surface area (Å²) >= 11 is 0. The van der Waals surface area contributed by atoms with Crippen LogP contribution in [0.3, 0.4) is 0 Å². The number of methoxy groups -OCH3 is 2. The van der Waals surface area contributed by atoms with Crippen molar-refractivity contribution in [3.63, 3.8) is 0 Å². The number of hydrogen-bond acceptors (Lipinski definition) is 5. The summed E-state index contributed by atoms with van der Waals surface area (Å²) in [5, 5.41) is 5.79. The number of alkyl carbamates (subject to hydrolysis) is 1. The molecule has 1 amide bonds. The maximum atomic E-state index is 13.3. The van der Waals surface area contributed by atoms with Crippen LogP contribution in [0.15, 0.2) is 65.9 Å². The molecule has 0 aliphatic carbocycles. The molecule has 0 radical (unpaired) electrons. The molecule has 0 saturated heterocycles. The topological polar surface area (TPSA) is 76.7 Å². The van der Waals surface area contributed by atoms with Gasteiger partial charge in [0.15, 0.2) is 0 Å². The Morgan fingerprint density at radius 1 is 1.00 bits per heavy atom. The molecule has 6 nitrogen and oxygen atoms in total. The van der Waals surface area contributed by atoms with Gasteiger partial charge in [0.2, 0.25) is 0 Å². The lowest BCUT2D eigenvalue weighted by molar-refractivity contribution is -0.136. The average molecular weight is 386 g/mol. The largest absolute Gasteiger partial charge is 0.466 e. The first kappa shape index (κ1) is 21.0. The molecule has 0 saturated carbocycles. The van der Waals surface area contributed by atoms with E-state index >= 15 is 0 Å². The van der Waals surface area contributed by atoms with Gasteiger partial charge in [-0.1, -0.05) is 42.5 Å². The Morgan fingerprint density at radius 2 is 1.64 bits per heavy atom. The zero-order chi connectivity index (χ0) is 20.5. The third-order valence-electron chi connectivity index (χ3n) is 4.15. The van der Waals surface area contributed by atoms with Gasteiger partial charge in [0.05, 0.1) is 25.8 Å². The molecule has 2 aromatic rings. The standard InChI is InChI=1S/C21H23FN2O4/c1-14(23-13-15-7-5-4-6-8-15)18(20(25)27-2)19(24-21(26)28-3)16-9-11-17(22)12-10-16/h4-12,19,23H,13H2,1-3H3,(H,24,26)/b18-14-. The third kappa shape index (κ3) is 5.57. The summed E-state index contributed by atoms with van der Waals surface area (Å²) in [5.41, 5.74) is 2.23. The van der Waals surface area contributed by atoms with E-state index in [0.717, 1.165) is 5.56 Å². The Labute approximate surface area is 163 Å². The predicted octanol–water partition coefficient (Wildman–Crippen LogP) is 3.46. The number of benzene rings is 2. The van der Waals surface area contributed by atoms with Crippen molar-refractivity contribution in [1.29, 1.82) is 0 Å². The number of amides is 1. The summed E-state index contributed by atoms with van der Waals surface area (Å²) in [5.74, 6) is -1.05. The number of carbonyl (C=O) groups excluding carboxylic acids is 2. The minimum Gasteiger partial charge on any atom is -0.466 e. The average Bonchev–Trinajstić information content (AvgIpc) is 2.72. The highest BCUT2D eigenvalue weighted by atomic mass is 19.1. The normalized spacial score (nSPS) is 12.4. The van der Waals surface area contributed by atoms with Gasteiger partial charge in [-0.25, -0.2) is 14.0 Å². The lowest BCUT2D eigenvalue weighted by Crippen LogP contribution is -2.34. The first-order valence-corrected chi connectivity index (χ1v) is 8.63. The highest BCUT2D eigenvalue weighted by Gasteiger charge is 2.28. The Balaban J connectivity index is 2.42. The van der Waals surface area contributed by atoms with Crippen molar-refractivity contribution >= 4 is 12.1 Å². The van der Waals surface area contributed by atoms with Crippen LogP contribution < -0.4 is 10.6 Å². The maximum Gasteiger partial charge on any atom is 0.407 e. The van der Waals surface area contributed by atoms with Gasteiger partial charge >= 0.3 is 12.1 Å². The minimum absolute atomic E-state index is 0.190. The predicted molar refractivity (Wildman–Crippen MR) is 103 cm³/mol. The number of rotatable bonds is 7. The molecule has 0 fully saturated rings. The number of hydrogen-bond donors (Lipinski definition) is 2. The van der Waals surface area contributed by atoms with E-state index in [1.807, 2.05) is 30.3 Å². The van der Waals surface area contributed by atoms with E-state index in [2.05, 4.69) is 15.4 Å². The van der Waals surface area contributed by atoms with Crippen LogP contribution in [0.5, 0.6) is 0 Å². The van der Waals surface area contributed by atoms with Crippen LogP contribution in [0, 0.1) is 5.82 Å². The summed E-state index contributed by atoms with van der Waals surface area (Å²) in [4.78, 5) is 24.4. The monoisotopic (exact) mass is 386 g/mol. The second kappa shape index (κ2) is 10.1. The van der Waals surface area contributed by atoms with Gasteiger partial charge in [0, 0.05) is 12.2 Å². The maximum absolute atomic E-state index is 13.3. The number of allylic oxidation sites excluding steroid dienone is 1. The van der Waals surface area contributed by atoms with Crippen LogP contribution in [0.1, 0.15) is 24.1 Å². The quantitative estimate of drug-likeness (QED) is 0.563. The molecule has 1 atom stereocenters. The van der Waals surface area contributed by atoms with Crippen LogP contribution in [0.25, 0.3) is 0 Å². The van der Waals surface area contributed by atoms with Crippen molar-refractivity contribution < 1.29 is 23.5 Å². The van der Waals surface area contributed by atoms with Crippen LogP contribution in [0.4, 0.5) is 9.18 Å². The lowest BCUT2D eigenvalue weighted by atomic mass is 9.96. The Bertz CT molecular complexity index is 835. The third-order valence-corrected chi connectivity index (χ3v) is 4.15. The smallest absolute Gasteiger partial charge is 0.407 e. The molecule has 0 heterocycles. The molecule has 2 rings (SSSR count). The van der Waals surface area contributed by atoms with Gasteiger partial charge in [-0.05, 0) is 30.2 Å². The van der Waals surface area contributed by atoms with Crippen LogP contribution in [0.2, 0.25) is 0 Å². The molecule has 28 heavy (non-hydrogen) atoms. The summed E-state index contributed by atoms with van der Waals surface area (Å²) in [6.45, 7) is 2.19. The van der Waals surface area contributed by atoms with Gasteiger partial charge in [-0.2, -0.15) is 0 Å². The fourth-order valence-electron chi connectivity index (χ4n) is 2.68. The van der Waals surface area contributed by atoms with Crippen molar-refractivity contribution in [3.8, 4) is 0 Å². The zero-order valence-corrected chi connectivity index (χ0v) is 16.0. The van der Waals surface area contributed by atoms with Crippen LogP contribution >= 0.6 is 0 Å². The van der Waals surface area contributed by atoms with E-state index in [1.165, 1.54) is 38.5 Å². The number of nitrogens with one attached hydrogen (secondary N) is 2. The molecule has 0 bridgehead atoms. The van der Waals surface area contributed by atoms with E-state index < -0.39 is 23.9 Å².